The highest BCUT2D eigenvalue weighted by Crippen LogP contribution is 2.31. The van der Waals surface area contributed by atoms with Crippen molar-refractivity contribution in [1.29, 1.82) is 0 Å². The Morgan fingerprint density at radius 3 is 2.64 bits per heavy atom. The molecule has 1 rings (SSSR count). The maximum Gasteiger partial charge on any atom is 0.0654 e. The van der Waals surface area contributed by atoms with E-state index in [-0.39, 0.29) is 0 Å². The summed E-state index contributed by atoms with van der Waals surface area (Å²) >= 11 is 1.92. The average Bonchev–Trinajstić information content (AvgIpc) is 2.28. The molecule has 1 heterocycles. The Hall–Kier alpha value is 0.0200. The second-order valence-electron chi connectivity index (χ2n) is 3.35. The largest absolute Gasteiger partial charge is 0.278 e. The van der Waals surface area contributed by atoms with Crippen molar-refractivity contribution in [1.82, 2.24) is 0 Å². The Morgan fingerprint density at radius 1 is 1.64 bits per heavy atom. The first-order valence-corrected chi connectivity index (χ1v) is 5.24. The highest BCUT2D eigenvalue weighted by atomic mass is 32.2. The van der Waals surface area contributed by atoms with E-state index < -0.39 is 0 Å². The summed E-state index contributed by atoms with van der Waals surface area (Å²) < 4.78 is 0. The SMILES string of the molecule is CCC(C)C1N=C(C)SC1C. The standard InChI is InChI=1S/C9H17NS/c1-5-6(2)9-7(3)11-8(4)10-9/h6-7,9H,5H2,1-4H3. The molecule has 0 saturated heterocycles. The summed E-state index contributed by atoms with van der Waals surface area (Å²) in [6, 6.07) is 0.574. The summed E-state index contributed by atoms with van der Waals surface area (Å²) in [7, 11) is 0. The van der Waals surface area contributed by atoms with Gasteiger partial charge < -0.3 is 0 Å². The molecular weight excluding hydrogens is 154 g/mol. The summed E-state index contributed by atoms with van der Waals surface area (Å²) in [6.45, 7) is 8.93. The van der Waals surface area contributed by atoms with Gasteiger partial charge in [-0.3, -0.25) is 4.99 Å². The molecule has 11 heavy (non-hydrogen) atoms. The van der Waals surface area contributed by atoms with Crippen molar-refractivity contribution >= 4 is 16.8 Å². The third kappa shape index (κ3) is 1.98. The van der Waals surface area contributed by atoms with Gasteiger partial charge in [-0.25, -0.2) is 0 Å². The van der Waals surface area contributed by atoms with Gasteiger partial charge in [0.25, 0.3) is 0 Å². The number of nitrogens with zero attached hydrogens (tertiary/aromatic N) is 1. The van der Waals surface area contributed by atoms with Gasteiger partial charge in [0.2, 0.25) is 0 Å². The first-order chi connectivity index (χ1) is 5.15. The van der Waals surface area contributed by atoms with Crippen molar-refractivity contribution in [3.63, 3.8) is 0 Å². The smallest absolute Gasteiger partial charge is 0.0654 e. The van der Waals surface area contributed by atoms with Crippen LogP contribution in [-0.2, 0) is 0 Å². The predicted molar refractivity (Wildman–Crippen MR) is 53.4 cm³/mol. The van der Waals surface area contributed by atoms with E-state index in [0.717, 1.165) is 5.92 Å². The van der Waals surface area contributed by atoms with Crippen molar-refractivity contribution in [3.05, 3.63) is 0 Å². The van der Waals surface area contributed by atoms with Crippen LogP contribution in [0.15, 0.2) is 4.99 Å². The fraction of sp³-hybridized carbons (Fsp3) is 0.889. The van der Waals surface area contributed by atoms with E-state index in [9.17, 15) is 0 Å². The molecule has 0 aromatic rings. The van der Waals surface area contributed by atoms with Gasteiger partial charge in [0.05, 0.1) is 11.1 Å². The number of hydrogen-bond acceptors (Lipinski definition) is 2. The highest BCUT2D eigenvalue weighted by Gasteiger charge is 2.27. The molecule has 1 nitrogen and oxygen atoms in total. The minimum absolute atomic E-state index is 0.574. The predicted octanol–water partition coefficient (Wildman–Crippen LogP) is 2.95. The molecule has 0 aliphatic carbocycles. The quantitative estimate of drug-likeness (QED) is 0.622. The summed E-state index contributed by atoms with van der Waals surface area (Å²) in [4.78, 5) is 4.62. The molecule has 0 fully saturated rings. The van der Waals surface area contributed by atoms with E-state index in [1.807, 2.05) is 11.8 Å². The fourth-order valence-electron chi connectivity index (χ4n) is 1.52. The average molecular weight is 171 g/mol. The van der Waals surface area contributed by atoms with Crippen molar-refractivity contribution < 1.29 is 0 Å². The van der Waals surface area contributed by atoms with Crippen molar-refractivity contribution in [2.24, 2.45) is 10.9 Å². The first kappa shape index (κ1) is 9.11. The number of aliphatic imine (C=N–C) groups is 1. The molecule has 64 valence electrons. The van der Waals surface area contributed by atoms with Gasteiger partial charge >= 0.3 is 0 Å². The summed E-state index contributed by atoms with van der Waals surface area (Å²) in [5, 5.41) is 1.97. The Balaban J connectivity index is 2.58. The zero-order valence-electron chi connectivity index (χ0n) is 7.79. The molecule has 3 unspecified atom stereocenters. The van der Waals surface area contributed by atoms with Crippen LogP contribution in [0.4, 0.5) is 0 Å². The Bertz CT molecular complexity index is 165. The van der Waals surface area contributed by atoms with Gasteiger partial charge in [0.1, 0.15) is 0 Å². The van der Waals surface area contributed by atoms with Crippen LogP contribution in [0.5, 0.6) is 0 Å². The van der Waals surface area contributed by atoms with Crippen LogP contribution in [0.3, 0.4) is 0 Å². The van der Waals surface area contributed by atoms with E-state index in [0.29, 0.717) is 11.3 Å². The van der Waals surface area contributed by atoms with Gasteiger partial charge in [-0.2, -0.15) is 0 Å². The van der Waals surface area contributed by atoms with Crippen LogP contribution in [0, 0.1) is 5.92 Å². The molecule has 1 aliphatic rings. The normalized spacial score (nSPS) is 33.6. The number of rotatable bonds is 2. The lowest BCUT2D eigenvalue weighted by Crippen LogP contribution is -2.21. The maximum atomic E-state index is 4.62. The van der Waals surface area contributed by atoms with E-state index in [1.54, 1.807) is 0 Å². The number of hydrogen-bond donors (Lipinski definition) is 0. The minimum atomic E-state index is 0.574. The second kappa shape index (κ2) is 3.61. The van der Waals surface area contributed by atoms with E-state index in [2.05, 4.69) is 32.7 Å². The molecule has 0 amide bonds. The Kier molecular flexibility index (Phi) is 2.99. The van der Waals surface area contributed by atoms with Crippen molar-refractivity contribution in [3.8, 4) is 0 Å². The Morgan fingerprint density at radius 2 is 2.27 bits per heavy atom. The minimum Gasteiger partial charge on any atom is -0.278 e. The third-order valence-electron chi connectivity index (χ3n) is 2.40. The molecule has 0 N–H and O–H groups in total. The van der Waals surface area contributed by atoms with Gasteiger partial charge in [0, 0.05) is 5.25 Å². The van der Waals surface area contributed by atoms with Crippen LogP contribution >= 0.6 is 11.8 Å². The lowest BCUT2D eigenvalue weighted by atomic mass is 9.97. The highest BCUT2D eigenvalue weighted by molar-refractivity contribution is 8.14. The van der Waals surface area contributed by atoms with E-state index in [4.69, 9.17) is 0 Å². The summed E-state index contributed by atoms with van der Waals surface area (Å²) in [6.07, 6.45) is 1.24. The molecule has 0 radical (unpaired) electrons. The van der Waals surface area contributed by atoms with Crippen molar-refractivity contribution in [2.75, 3.05) is 0 Å². The van der Waals surface area contributed by atoms with Crippen LogP contribution < -0.4 is 0 Å². The fourth-order valence-corrected chi connectivity index (χ4v) is 2.70. The second-order valence-corrected chi connectivity index (χ2v) is 4.92. The van der Waals surface area contributed by atoms with E-state index >= 15 is 0 Å². The third-order valence-corrected chi connectivity index (χ3v) is 3.49. The van der Waals surface area contributed by atoms with E-state index in [1.165, 1.54) is 11.5 Å². The molecule has 1 aliphatic heterocycles. The molecule has 0 spiro atoms. The molecular formula is C9H17NS. The first-order valence-electron chi connectivity index (χ1n) is 4.36. The lowest BCUT2D eigenvalue weighted by molar-refractivity contribution is 0.447. The monoisotopic (exact) mass is 171 g/mol. The Labute approximate surface area is 73.7 Å². The molecule has 0 aromatic carbocycles. The topological polar surface area (TPSA) is 12.4 Å². The molecule has 0 saturated carbocycles. The van der Waals surface area contributed by atoms with Gasteiger partial charge in [0.15, 0.2) is 0 Å². The summed E-state index contributed by atoms with van der Waals surface area (Å²) in [5.41, 5.74) is 0. The van der Waals surface area contributed by atoms with Crippen LogP contribution in [0.1, 0.15) is 34.1 Å². The zero-order chi connectivity index (χ0) is 8.43. The van der Waals surface area contributed by atoms with Crippen LogP contribution in [0.2, 0.25) is 0 Å². The van der Waals surface area contributed by atoms with Crippen LogP contribution in [0.25, 0.3) is 0 Å². The molecule has 2 heteroatoms. The maximum absolute atomic E-state index is 4.62. The summed E-state index contributed by atoms with van der Waals surface area (Å²) in [5.74, 6) is 0.745. The molecule has 0 bridgehead atoms. The van der Waals surface area contributed by atoms with Gasteiger partial charge in [-0.05, 0) is 12.8 Å². The lowest BCUT2D eigenvalue weighted by Gasteiger charge is -2.18. The van der Waals surface area contributed by atoms with Crippen molar-refractivity contribution in [2.45, 2.75) is 45.4 Å². The molecule has 0 aromatic heterocycles. The number of thioether (sulfide) groups is 1. The van der Waals surface area contributed by atoms with Crippen LogP contribution in [-0.4, -0.2) is 16.3 Å². The molecule has 3 atom stereocenters. The zero-order valence-corrected chi connectivity index (χ0v) is 8.61. The van der Waals surface area contributed by atoms with Gasteiger partial charge in [-0.15, -0.1) is 11.8 Å². The van der Waals surface area contributed by atoms with Gasteiger partial charge in [-0.1, -0.05) is 27.2 Å².